The van der Waals surface area contributed by atoms with Crippen molar-refractivity contribution in [1.29, 1.82) is 5.26 Å². The van der Waals surface area contributed by atoms with Crippen molar-refractivity contribution < 1.29 is 14.7 Å². The smallest absolute Gasteiger partial charge is 0.407 e. The van der Waals surface area contributed by atoms with Crippen LogP contribution in [-0.4, -0.2) is 61.7 Å². The molecule has 0 saturated heterocycles. The van der Waals surface area contributed by atoms with E-state index in [4.69, 9.17) is 5.26 Å². The summed E-state index contributed by atoms with van der Waals surface area (Å²) in [6.07, 6.45) is 6.87. The van der Waals surface area contributed by atoms with Gasteiger partial charge in [-0.25, -0.2) is 14.8 Å². The number of nitrogens with one attached hydrogen (secondary N) is 2. The predicted octanol–water partition coefficient (Wildman–Crippen LogP) is 3.76. The quantitative estimate of drug-likeness (QED) is 0.494. The highest BCUT2D eigenvalue weighted by Crippen LogP contribution is 2.26. The van der Waals surface area contributed by atoms with Crippen LogP contribution in [0.4, 0.5) is 10.5 Å². The molecule has 3 aromatic heterocycles. The number of carbonyl (C=O) groups is 2. The second kappa shape index (κ2) is 10.0. The Bertz CT molecular complexity index is 1290. The molecule has 1 aliphatic rings. The summed E-state index contributed by atoms with van der Waals surface area (Å²) in [4.78, 5) is 34.7. The Morgan fingerprint density at radius 2 is 1.94 bits per heavy atom. The van der Waals surface area contributed by atoms with Crippen molar-refractivity contribution in [3.63, 3.8) is 0 Å². The van der Waals surface area contributed by atoms with Crippen molar-refractivity contribution in [3.8, 4) is 11.9 Å². The first-order valence-electron chi connectivity index (χ1n) is 11.7. The number of pyridine rings is 2. The molecule has 3 heterocycles. The number of hydrogen-bond donors (Lipinski definition) is 3. The van der Waals surface area contributed by atoms with Gasteiger partial charge in [-0.2, -0.15) is 5.26 Å². The molecule has 10 heteroatoms. The molecular formula is C25H29N7O3. The highest BCUT2D eigenvalue weighted by molar-refractivity contribution is 5.99. The number of rotatable bonds is 6. The second-order valence-electron chi connectivity index (χ2n) is 9.19. The summed E-state index contributed by atoms with van der Waals surface area (Å²) in [6, 6.07) is 7.63. The van der Waals surface area contributed by atoms with Crippen LogP contribution in [0.1, 0.15) is 55.5 Å². The number of aromatic nitrogens is 3. The molecule has 0 radical (unpaired) electrons. The molecule has 0 unspecified atom stereocenters. The zero-order valence-electron chi connectivity index (χ0n) is 20.0. The molecule has 3 N–H and O–H groups in total. The van der Waals surface area contributed by atoms with Gasteiger partial charge in [0.05, 0.1) is 16.8 Å². The minimum absolute atomic E-state index is 0.0144. The van der Waals surface area contributed by atoms with Crippen LogP contribution >= 0.6 is 0 Å². The number of hydrogen-bond acceptors (Lipinski definition) is 6. The molecule has 0 spiro atoms. The predicted molar refractivity (Wildman–Crippen MR) is 132 cm³/mol. The summed E-state index contributed by atoms with van der Waals surface area (Å²) in [6.45, 7) is 4.00. The van der Waals surface area contributed by atoms with Gasteiger partial charge in [-0.1, -0.05) is 0 Å². The lowest BCUT2D eigenvalue weighted by Gasteiger charge is -2.33. The topological polar surface area (TPSA) is 136 Å². The van der Waals surface area contributed by atoms with E-state index in [9.17, 15) is 14.7 Å². The van der Waals surface area contributed by atoms with Crippen LogP contribution in [0.15, 0.2) is 36.8 Å². The van der Waals surface area contributed by atoms with E-state index < -0.39 is 6.09 Å². The number of fused-ring (bicyclic) bond motifs is 1. The number of amides is 2. The summed E-state index contributed by atoms with van der Waals surface area (Å²) < 4.78 is 1.82. The van der Waals surface area contributed by atoms with E-state index in [2.05, 4.69) is 26.7 Å². The Morgan fingerprint density at radius 1 is 1.20 bits per heavy atom. The average molecular weight is 476 g/mol. The lowest BCUT2D eigenvalue weighted by molar-refractivity contribution is 0.0902. The van der Waals surface area contributed by atoms with Crippen molar-refractivity contribution in [2.24, 2.45) is 0 Å². The highest BCUT2D eigenvalue weighted by Gasteiger charge is 2.28. The summed E-state index contributed by atoms with van der Waals surface area (Å²) in [5.41, 5.74) is 2.27. The Morgan fingerprint density at radius 3 is 2.60 bits per heavy atom. The molecule has 182 valence electrons. The molecule has 1 aliphatic carbocycles. The van der Waals surface area contributed by atoms with Gasteiger partial charge < -0.3 is 20.6 Å². The maximum atomic E-state index is 13.2. The molecule has 35 heavy (non-hydrogen) atoms. The lowest BCUT2D eigenvalue weighted by atomic mass is 9.90. The molecule has 0 atom stereocenters. The fraction of sp³-hybridized carbons (Fsp3) is 0.400. The summed E-state index contributed by atoms with van der Waals surface area (Å²) >= 11 is 0. The van der Waals surface area contributed by atoms with Crippen LogP contribution < -0.4 is 10.6 Å². The maximum Gasteiger partial charge on any atom is 0.407 e. The van der Waals surface area contributed by atoms with Gasteiger partial charge in [-0.3, -0.25) is 9.36 Å². The Labute approximate surface area is 203 Å². The Hall–Kier alpha value is -4.13. The minimum Gasteiger partial charge on any atom is -0.465 e. The molecule has 3 aromatic rings. The molecule has 0 bridgehead atoms. The normalized spacial score (nSPS) is 17.7. The van der Waals surface area contributed by atoms with Crippen LogP contribution in [0, 0.1) is 11.3 Å². The van der Waals surface area contributed by atoms with E-state index in [-0.39, 0.29) is 24.0 Å². The third-order valence-electron chi connectivity index (χ3n) is 6.36. The second-order valence-corrected chi connectivity index (χ2v) is 9.19. The third kappa shape index (κ3) is 5.19. The number of nitriles is 1. The molecule has 10 nitrogen and oxygen atoms in total. The zero-order valence-corrected chi connectivity index (χ0v) is 20.0. The van der Waals surface area contributed by atoms with Gasteiger partial charge in [0.15, 0.2) is 0 Å². The van der Waals surface area contributed by atoms with Crippen LogP contribution in [-0.2, 0) is 0 Å². The van der Waals surface area contributed by atoms with Crippen LogP contribution in [0.3, 0.4) is 0 Å². The fourth-order valence-electron chi connectivity index (χ4n) is 4.48. The Balaban J connectivity index is 1.54. The lowest BCUT2D eigenvalue weighted by Crippen LogP contribution is -2.44. The van der Waals surface area contributed by atoms with Crippen molar-refractivity contribution in [2.75, 3.05) is 12.4 Å². The summed E-state index contributed by atoms with van der Waals surface area (Å²) in [7, 11) is 1.59. The van der Waals surface area contributed by atoms with Gasteiger partial charge in [-0.15, -0.1) is 0 Å². The van der Waals surface area contributed by atoms with Gasteiger partial charge in [-0.05, 0) is 51.7 Å². The van der Waals surface area contributed by atoms with Gasteiger partial charge in [0, 0.05) is 55.2 Å². The molecule has 0 aliphatic heterocycles. The van der Waals surface area contributed by atoms with Crippen LogP contribution in [0.5, 0.6) is 0 Å². The largest absolute Gasteiger partial charge is 0.465 e. The van der Waals surface area contributed by atoms with Crippen LogP contribution in [0.25, 0.3) is 16.9 Å². The molecule has 1 saturated carbocycles. The van der Waals surface area contributed by atoms with Gasteiger partial charge in [0.2, 0.25) is 0 Å². The summed E-state index contributed by atoms with van der Waals surface area (Å²) in [5.74, 6) is 0.394. The summed E-state index contributed by atoms with van der Waals surface area (Å²) in [5, 5.41) is 25.6. The first kappa shape index (κ1) is 24.0. The van der Waals surface area contributed by atoms with Crippen molar-refractivity contribution in [1.82, 2.24) is 24.8 Å². The van der Waals surface area contributed by atoms with Crippen LogP contribution in [0.2, 0.25) is 0 Å². The number of nitrogens with zero attached hydrogens (tertiary/aromatic N) is 5. The average Bonchev–Trinajstić information content (AvgIpc) is 3.26. The Kier molecular flexibility index (Phi) is 6.87. The molecule has 0 aromatic carbocycles. The van der Waals surface area contributed by atoms with Crippen molar-refractivity contribution in [2.45, 2.75) is 57.7 Å². The highest BCUT2D eigenvalue weighted by atomic mass is 16.4. The van der Waals surface area contributed by atoms with Gasteiger partial charge >= 0.3 is 6.09 Å². The van der Waals surface area contributed by atoms with E-state index >= 15 is 0 Å². The first-order valence-corrected chi connectivity index (χ1v) is 11.7. The first-order chi connectivity index (χ1) is 16.8. The molecular weight excluding hydrogens is 446 g/mol. The van der Waals surface area contributed by atoms with E-state index in [0.717, 1.165) is 18.2 Å². The fourth-order valence-corrected chi connectivity index (χ4v) is 4.48. The van der Waals surface area contributed by atoms with E-state index in [1.165, 1.54) is 11.1 Å². The number of carbonyl (C=O) groups excluding carboxylic acids is 1. The van der Waals surface area contributed by atoms with Gasteiger partial charge in [0.25, 0.3) is 5.91 Å². The van der Waals surface area contributed by atoms with E-state index in [1.54, 1.807) is 19.3 Å². The van der Waals surface area contributed by atoms with E-state index in [1.807, 2.05) is 36.7 Å². The number of carboxylic acid groups (broad SMARTS) is 1. The molecule has 4 rings (SSSR count). The number of anilines is 1. The molecule has 1 fully saturated rings. The minimum atomic E-state index is -0.927. The maximum absolute atomic E-state index is 13.2. The third-order valence-corrected chi connectivity index (χ3v) is 6.36. The standard InChI is InChI=1S/C25H29N7O3/c1-15(2)29-21-11-22(32-9-8-17-10-16(12-26)13-28-23(17)32)27-14-20(21)24(33)30-18-4-6-19(7-5-18)31(3)25(34)35/h8-11,13-15,18-19H,4-7H2,1-3H3,(H,27,29)(H,30,33)(H,34,35)/t18-,19-. The zero-order chi connectivity index (χ0) is 25.1. The van der Waals surface area contributed by atoms with Crippen molar-refractivity contribution >= 4 is 28.7 Å². The molecule has 2 amide bonds. The van der Waals surface area contributed by atoms with Gasteiger partial charge in [0.1, 0.15) is 17.5 Å². The van der Waals surface area contributed by atoms with Crippen molar-refractivity contribution in [3.05, 3.63) is 47.9 Å². The monoisotopic (exact) mass is 475 g/mol. The SMILES string of the molecule is CC(C)Nc1cc(-n2ccc3cc(C#N)cnc32)ncc1C(=O)N[C@H]1CC[C@H](N(C)C(=O)O)CC1. The van der Waals surface area contributed by atoms with E-state index in [0.29, 0.717) is 41.1 Å².